The summed E-state index contributed by atoms with van der Waals surface area (Å²) in [5.41, 5.74) is 0. The highest BCUT2D eigenvalue weighted by Crippen LogP contribution is 2.08. The maximum atomic E-state index is 5.34. The summed E-state index contributed by atoms with van der Waals surface area (Å²) in [5.74, 6) is 0.942. The number of rotatable bonds is 5. The first-order chi connectivity index (χ1) is 5.26. The maximum Gasteiger partial charge on any atom is 0.319 e. The van der Waals surface area contributed by atoms with E-state index in [1.165, 1.54) is 0 Å². The third-order valence-corrected chi connectivity index (χ3v) is 1.16. The Hall–Kier alpha value is -0.570. The van der Waals surface area contributed by atoms with Crippen LogP contribution in [0.3, 0.4) is 0 Å². The van der Waals surface area contributed by atoms with Gasteiger partial charge in [0.2, 0.25) is 0 Å². The van der Waals surface area contributed by atoms with Gasteiger partial charge in [-0.15, -0.1) is 0 Å². The van der Waals surface area contributed by atoms with Crippen LogP contribution in [0.4, 0.5) is 0 Å². The van der Waals surface area contributed by atoms with Crippen LogP contribution in [-0.2, 0) is 14.2 Å². The van der Waals surface area contributed by atoms with Crippen molar-refractivity contribution < 1.29 is 14.2 Å². The molecule has 4 heteroatoms. The first kappa shape index (κ1) is 10.4. The number of alkyl halides is 1. The van der Waals surface area contributed by atoms with Gasteiger partial charge in [-0.2, -0.15) is 0 Å². The van der Waals surface area contributed by atoms with Crippen LogP contribution >= 0.6 is 11.6 Å². The zero-order valence-corrected chi connectivity index (χ0v) is 7.77. The number of ether oxygens (including phenoxy) is 3. The fourth-order valence-electron chi connectivity index (χ4n) is 0.509. The standard InChI is InChI=1S/C7H13ClO3/c1-4-10-7(11-5-8)6(2)9-3/h4-5H2,1-3H3. The van der Waals surface area contributed by atoms with Gasteiger partial charge in [-0.05, 0) is 6.92 Å². The molecule has 0 aliphatic rings. The first-order valence-electron chi connectivity index (χ1n) is 3.32. The Morgan fingerprint density at radius 1 is 1.36 bits per heavy atom. The number of methoxy groups -OCH3 is 1. The van der Waals surface area contributed by atoms with Gasteiger partial charge in [-0.3, -0.25) is 0 Å². The molecule has 0 radical (unpaired) electrons. The predicted octanol–water partition coefficient (Wildman–Crippen LogP) is 2.07. The van der Waals surface area contributed by atoms with Gasteiger partial charge in [-0.25, -0.2) is 0 Å². The highest BCUT2D eigenvalue weighted by molar-refractivity contribution is 6.17. The topological polar surface area (TPSA) is 27.7 Å². The lowest BCUT2D eigenvalue weighted by Crippen LogP contribution is -2.00. The highest BCUT2D eigenvalue weighted by atomic mass is 35.5. The zero-order chi connectivity index (χ0) is 8.69. The van der Waals surface area contributed by atoms with Crippen LogP contribution in [0.5, 0.6) is 0 Å². The molecule has 0 aliphatic carbocycles. The normalized spacial score (nSPS) is 12.0. The molecule has 0 saturated heterocycles. The van der Waals surface area contributed by atoms with Crippen LogP contribution in [0.2, 0.25) is 0 Å². The molecule has 0 aliphatic heterocycles. The molecule has 3 nitrogen and oxygen atoms in total. The molecule has 11 heavy (non-hydrogen) atoms. The Morgan fingerprint density at radius 3 is 2.36 bits per heavy atom. The van der Waals surface area contributed by atoms with Crippen LogP contribution in [0.25, 0.3) is 0 Å². The summed E-state index contributed by atoms with van der Waals surface area (Å²) in [4.78, 5) is 0. The molecule has 66 valence electrons. The van der Waals surface area contributed by atoms with Gasteiger partial charge in [0.1, 0.15) is 0 Å². The predicted molar refractivity (Wildman–Crippen MR) is 43.1 cm³/mol. The van der Waals surface area contributed by atoms with Crippen molar-refractivity contribution in [2.45, 2.75) is 13.8 Å². The molecule has 0 heterocycles. The average molecular weight is 181 g/mol. The Kier molecular flexibility index (Phi) is 5.84. The average Bonchev–Trinajstić information content (AvgIpc) is 2.03. The van der Waals surface area contributed by atoms with Crippen LogP contribution in [-0.4, -0.2) is 19.8 Å². The summed E-state index contributed by atoms with van der Waals surface area (Å²) in [5, 5.41) is 0. The van der Waals surface area contributed by atoms with Crippen molar-refractivity contribution in [1.82, 2.24) is 0 Å². The number of halogens is 1. The van der Waals surface area contributed by atoms with Crippen molar-refractivity contribution in [2.75, 3.05) is 19.8 Å². The van der Waals surface area contributed by atoms with E-state index in [1.807, 2.05) is 6.92 Å². The fraction of sp³-hybridized carbons (Fsp3) is 0.714. The Balaban J connectivity index is 4.05. The second-order valence-corrected chi connectivity index (χ2v) is 1.95. The highest BCUT2D eigenvalue weighted by Gasteiger charge is 2.03. The summed E-state index contributed by atoms with van der Waals surface area (Å²) in [7, 11) is 1.55. The molecule has 0 aromatic carbocycles. The summed E-state index contributed by atoms with van der Waals surface area (Å²) in [6, 6.07) is 0.0655. The second-order valence-electron chi connectivity index (χ2n) is 1.73. The van der Waals surface area contributed by atoms with E-state index in [1.54, 1.807) is 14.0 Å². The van der Waals surface area contributed by atoms with Crippen molar-refractivity contribution in [3.63, 3.8) is 0 Å². The van der Waals surface area contributed by atoms with Crippen molar-refractivity contribution in [2.24, 2.45) is 0 Å². The van der Waals surface area contributed by atoms with Crippen LogP contribution < -0.4 is 0 Å². The quantitative estimate of drug-likeness (QED) is 0.479. The lowest BCUT2D eigenvalue weighted by molar-refractivity contribution is 0.0393. The van der Waals surface area contributed by atoms with Crippen molar-refractivity contribution in [1.29, 1.82) is 0 Å². The van der Waals surface area contributed by atoms with E-state index in [0.717, 1.165) is 0 Å². The first-order valence-corrected chi connectivity index (χ1v) is 3.86. The van der Waals surface area contributed by atoms with Gasteiger partial charge in [0.15, 0.2) is 11.8 Å². The number of hydrogen-bond acceptors (Lipinski definition) is 3. The van der Waals surface area contributed by atoms with Gasteiger partial charge in [-0.1, -0.05) is 11.6 Å². The van der Waals surface area contributed by atoms with E-state index in [4.69, 9.17) is 25.8 Å². The summed E-state index contributed by atoms with van der Waals surface area (Å²) >= 11 is 5.34. The zero-order valence-electron chi connectivity index (χ0n) is 7.02. The molecule has 0 aromatic heterocycles. The van der Waals surface area contributed by atoms with Gasteiger partial charge in [0.05, 0.1) is 13.7 Å². The molecular weight excluding hydrogens is 168 g/mol. The molecular formula is C7H13ClO3. The van der Waals surface area contributed by atoms with E-state index in [2.05, 4.69) is 0 Å². The monoisotopic (exact) mass is 180 g/mol. The molecule has 0 bridgehead atoms. The van der Waals surface area contributed by atoms with E-state index in [-0.39, 0.29) is 6.07 Å². The minimum atomic E-state index is 0.0655. The second kappa shape index (κ2) is 6.16. The Bertz CT molecular complexity index is 126. The van der Waals surface area contributed by atoms with Gasteiger partial charge >= 0.3 is 5.95 Å². The Morgan fingerprint density at radius 2 is 2.00 bits per heavy atom. The minimum absolute atomic E-state index is 0.0655. The van der Waals surface area contributed by atoms with Gasteiger partial charge < -0.3 is 14.2 Å². The Labute approximate surface area is 71.9 Å². The molecule has 0 N–H and O–H groups in total. The lowest BCUT2D eigenvalue weighted by atomic mass is 10.6. The molecule has 0 aromatic rings. The van der Waals surface area contributed by atoms with Crippen LogP contribution in [0.1, 0.15) is 13.8 Å². The summed E-state index contributed by atoms with van der Waals surface area (Å²) in [6.45, 7) is 4.14. The third kappa shape index (κ3) is 3.98. The van der Waals surface area contributed by atoms with Crippen molar-refractivity contribution in [3.05, 3.63) is 11.7 Å². The van der Waals surface area contributed by atoms with Crippen molar-refractivity contribution >= 4 is 11.6 Å². The molecule has 0 unspecified atom stereocenters. The minimum Gasteiger partial charge on any atom is -0.494 e. The molecule has 0 fully saturated rings. The fourth-order valence-corrected chi connectivity index (χ4v) is 0.608. The van der Waals surface area contributed by atoms with E-state index in [9.17, 15) is 0 Å². The number of allylic oxidation sites excluding steroid dienone is 1. The van der Waals surface area contributed by atoms with Crippen LogP contribution in [0, 0.1) is 0 Å². The maximum absolute atomic E-state index is 5.34. The molecule has 0 saturated carbocycles. The van der Waals surface area contributed by atoms with Crippen molar-refractivity contribution in [3.8, 4) is 0 Å². The van der Waals surface area contributed by atoms with E-state index < -0.39 is 0 Å². The van der Waals surface area contributed by atoms with E-state index in [0.29, 0.717) is 18.3 Å². The summed E-state index contributed by atoms with van der Waals surface area (Å²) < 4.78 is 14.9. The SMILES string of the molecule is CCOC(OCCl)=C(C)OC. The smallest absolute Gasteiger partial charge is 0.319 e. The van der Waals surface area contributed by atoms with Gasteiger partial charge in [0, 0.05) is 6.92 Å². The van der Waals surface area contributed by atoms with E-state index >= 15 is 0 Å². The van der Waals surface area contributed by atoms with Gasteiger partial charge in [0.25, 0.3) is 0 Å². The largest absolute Gasteiger partial charge is 0.494 e. The molecule has 0 atom stereocenters. The molecule has 0 amide bonds. The number of hydrogen-bond donors (Lipinski definition) is 0. The summed E-state index contributed by atoms with van der Waals surface area (Å²) in [6.07, 6.45) is 0. The van der Waals surface area contributed by atoms with Crippen LogP contribution in [0.15, 0.2) is 11.7 Å². The lowest BCUT2D eigenvalue weighted by Gasteiger charge is -2.10. The molecule has 0 spiro atoms. The third-order valence-electron chi connectivity index (χ3n) is 1.05. The molecule has 0 rings (SSSR count).